The molecular formula is C25H26O. The third-order valence-electron chi connectivity index (χ3n) is 4.39. The molecule has 0 fully saturated rings. The standard InChI is InChI=1S/C25H26O/c1-3-5-20-6-10-22(11-7-20)24-14-16-25(17-15-24)23-12-8-21(9-13-23)19-26-18-4-2/h3,5-17H,4,18-19H2,1-2H3/b5-3-. The van der Waals surface area contributed by atoms with Crippen molar-refractivity contribution in [2.75, 3.05) is 6.61 Å². The van der Waals surface area contributed by atoms with E-state index in [1.54, 1.807) is 0 Å². The van der Waals surface area contributed by atoms with Crippen molar-refractivity contribution in [3.63, 3.8) is 0 Å². The highest BCUT2D eigenvalue weighted by Gasteiger charge is 2.01. The molecule has 1 nitrogen and oxygen atoms in total. The Morgan fingerprint density at radius 2 is 1.15 bits per heavy atom. The van der Waals surface area contributed by atoms with Crippen LogP contribution in [-0.2, 0) is 11.3 Å². The summed E-state index contributed by atoms with van der Waals surface area (Å²) in [5.41, 5.74) is 7.41. The van der Waals surface area contributed by atoms with Crippen LogP contribution in [0.4, 0.5) is 0 Å². The topological polar surface area (TPSA) is 9.23 Å². The van der Waals surface area contributed by atoms with Crippen LogP contribution in [0.5, 0.6) is 0 Å². The van der Waals surface area contributed by atoms with E-state index in [-0.39, 0.29) is 0 Å². The number of ether oxygens (including phenoxy) is 1. The molecule has 0 aliphatic carbocycles. The van der Waals surface area contributed by atoms with E-state index in [0.717, 1.165) is 13.0 Å². The van der Waals surface area contributed by atoms with Crippen LogP contribution in [0.15, 0.2) is 78.9 Å². The van der Waals surface area contributed by atoms with Crippen LogP contribution >= 0.6 is 0 Å². The fraction of sp³-hybridized carbons (Fsp3) is 0.200. The molecule has 0 aromatic heterocycles. The van der Waals surface area contributed by atoms with E-state index in [1.165, 1.54) is 33.4 Å². The maximum Gasteiger partial charge on any atom is 0.0716 e. The second kappa shape index (κ2) is 9.17. The first kappa shape index (κ1) is 18.2. The molecule has 132 valence electrons. The number of benzene rings is 3. The van der Waals surface area contributed by atoms with Gasteiger partial charge in [-0.25, -0.2) is 0 Å². The van der Waals surface area contributed by atoms with Crippen molar-refractivity contribution in [3.05, 3.63) is 90.0 Å². The lowest BCUT2D eigenvalue weighted by molar-refractivity contribution is 0.121. The fourth-order valence-corrected chi connectivity index (χ4v) is 2.96. The maximum atomic E-state index is 5.60. The minimum Gasteiger partial charge on any atom is -0.377 e. The second-order valence-corrected chi connectivity index (χ2v) is 6.45. The summed E-state index contributed by atoms with van der Waals surface area (Å²) in [5, 5.41) is 0. The van der Waals surface area contributed by atoms with Gasteiger partial charge < -0.3 is 4.74 Å². The average Bonchev–Trinajstić information content (AvgIpc) is 2.70. The third-order valence-corrected chi connectivity index (χ3v) is 4.39. The molecule has 0 atom stereocenters. The van der Waals surface area contributed by atoms with Gasteiger partial charge in [-0.2, -0.15) is 0 Å². The molecule has 0 aliphatic heterocycles. The molecule has 0 bridgehead atoms. The monoisotopic (exact) mass is 342 g/mol. The zero-order chi connectivity index (χ0) is 18.2. The van der Waals surface area contributed by atoms with E-state index >= 15 is 0 Å². The highest BCUT2D eigenvalue weighted by molar-refractivity contribution is 5.71. The largest absolute Gasteiger partial charge is 0.377 e. The molecule has 26 heavy (non-hydrogen) atoms. The van der Waals surface area contributed by atoms with Crippen molar-refractivity contribution in [1.29, 1.82) is 0 Å². The predicted molar refractivity (Wildman–Crippen MR) is 112 cm³/mol. The minimum absolute atomic E-state index is 0.691. The van der Waals surface area contributed by atoms with Crippen LogP contribution in [0.2, 0.25) is 0 Å². The van der Waals surface area contributed by atoms with Gasteiger partial charge in [0.2, 0.25) is 0 Å². The second-order valence-electron chi connectivity index (χ2n) is 6.45. The SMILES string of the molecule is C/C=C\c1ccc(-c2ccc(-c3ccc(COCCC)cc3)cc2)cc1. The number of hydrogen-bond donors (Lipinski definition) is 0. The van der Waals surface area contributed by atoms with Crippen molar-refractivity contribution in [3.8, 4) is 22.3 Å². The number of hydrogen-bond acceptors (Lipinski definition) is 1. The summed E-state index contributed by atoms with van der Waals surface area (Å²) in [6.45, 7) is 5.68. The van der Waals surface area contributed by atoms with Crippen LogP contribution in [0, 0.1) is 0 Å². The van der Waals surface area contributed by atoms with E-state index in [1.807, 2.05) is 6.92 Å². The summed E-state index contributed by atoms with van der Waals surface area (Å²) in [4.78, 5) is 0. The normalized spacial score (nSPS) is 11.2. The average molecular weight is 342 g/mol. The van der Waals surface area contributed by atoms with E-state index in [2.05, 4.69) is 91.9 Å². The summed E-state index contributed by atoms with van der Waals surface area (Å²) in [6, 6.07) is 26.1. The van der Waals surface area contributed by atoms with Gasteiger partial charge in [-0.15, -0.1) is 0 Å². The van der Waals surface area contributed by atoms with Gasteiger partial charge in [0.25, 0.3) is 0 Å². The van der Waals surface area contributed by atoms with Gasteiger partial charge in [0.15, 0.2) is 0 Å². The Morgan fingerprint density at radius 3 is 1.62 bits per heavy atom. The highest BCUT2D eigenvalue weighted by atomic mass is 16.5. The molecule has 0 spiro atoms. The van der Waals surface area contributed by atoms with Crippen molar-refractivity contribution >= 4 is 6.08 Å². The molecule has 0 saturated carbocycles. The molecular weight excluding hydrogens is 316 g/mol. The molecule has 1 heteroatoms. The lowest BCUT2D eigenvalue weighted by Crippen LogP contribution is -1.93. The van der Waals surface area contributed by atoms with E-state index in [9.17, 15) is 0 Å². The first-order chi connectivity index (χ1) is 12.8. The predicted octanol–water partition coefficient (Wildman–Crippen LogP) is 6.98. The summed E-state index contributed by atoms with van der Waals surface area (Å²) in [7, 11) is 0. The van der Waals surface area contributed by atoms with Crippen LogP contribution in [-0.4, -0.2) is 6.61 Å². The zero-order valence-electron chi connectivity index (χ0n) is 15.6. The summed E-state index contributed by atoms with van der Waals surface area (Å²) >= 11 is 0. The minimum atomic E-state index is 0.691. The van der Waals surface area contributed by atoms with E-state index in [4.69, 9.17) is 4.74 Å². The van der Waals surface area contributed by atoms with Crippen LogP contribution in [0.25, 0.3) is 28.3 Å². The number of allylic oxidation sites excluding steroid dienone is 1. The summed E-state index contributed by atoms with van der Waals surface area (Å²) in [6.07, 6.45) is 5.23. The van der Waals surface area contributed by atoms with Gasteiger partial charge in [0.05, 0.1) is 6.61 Å². The molecule has 0 radical (unpaired) electrons. The van der Waals surface area contributed by atoms with Gasteiger partial charge in [0.1, 0.15) is 0 Å². The molecule has 0 amide bonds. The van der Waals surface area contributed by atoms with E-state index in [0.29, 0.717) is 6.61 Å². The van der Waals surface area contributed by atoms with Crippen molar-refractivity contribution in [1.82, 2.24) is 0 Å². The molecule has 3 rings (SSSR count). The highest BCUT2D eigenvalue weighted by Crippen LogP contribution is 2.25. The smallest absolute Gasteiger partial charge is 0.0716 e. The maximum absolute atomic E-state index is 5.60. The Kier molecular flexibility index (Phi) is 6.40. The van der Waals surface area contributed by atoms with Crippen LogP contribution in [0.3, 0.4) is 0 Å². The first-order valence-corrected chi connectivity index (χ1v) is 9.30. The molecule has 0 aliphatic rings. The Balaban J connectivity index is 1.70. The molecule has 0 saturated heterocycles. The quantitative estimate of drug-likeness (QED) is 0.421. The summed E-state index contributed by atoms with van der Waals surface area (Å²) < 4.78 is 5.60. The van der Waals surface area contributed by atoms with E-state index < -0.39 is 0 Å². The molecule has 0 heterocycles. The van der Waals surface area contributed by atoms with Crippen molar-refractivity contribution in [2.45, 2.75) is 26.9 Å². The molecule has 0 N–H and O–H groups in total. The van der Waals surface area contributed by atoms with Crippen LogP contribution in [0.1, 0.15) is 31.4 Å². The Labute approximate surface area is 157 Å². The fourth-order valence-electron chi connectivity index (χ4n) is 2.96. The zero-order valence-corrected chi connectivity index (χ0v) is 15.6. The Morgan fingerprint density at radius 1 is 0.692 bits per heavy atom. The molecule has 0 unspecified atom stereocenters. The third kappa shape index (κ3) is 4.71. The van der Waals surface area contributed by atoms with Crippen molar-refractivity contribution < 1.29 is 4.74 Å². The number of rotatable bonds is 7. The summed E-state index contributed by atoms with van der Waals surface area (Å²) in [5.74, 6) is 0. The van der Waals surface area contributed by atoms with Gasteiger partial charge >= 0.3 is 0 Å². The Hall–Kier alpha value is -2.64. The van der Waals surface area contributed by atoms with Crippen molar-refractivity contribution in [2.24, 2.45) is 0 Å². The molecule has 3 aromatic carbocycles. The lowest BCUT2D eigenvalue weighted by atomic mass is 9.99. The van der Waals surface area contributed by atoms with Crippen LogP contribution < -0.4 is 0 Å². The first-order valence-electron chi connectivity index (χ1n) is 9.30. The lowest BCUT2D eigenvalue weighted by Gasteiger charge is -2.07. The van der Waals surface area contributed by atoms with Gasteiger partial charge in [-0.05, 0) is 46.7 Å². The van der Waals surface area contributed by atoms with Gasteiger partial charge in [-0.1, -0.05) is 91.9 Å². The van der Waals surface area contributed by atoms with Gasteiger partial charge in [0, 0.05) is 6.61 Å². The Bertz CT molecular complexity index is 825. The molecule has 3 aromatic rings. The van der Waals surface area contributed by atoms with Gasteiger partial charge in [-0.3, -0.25) is 0 Å².